The molecule has 172 valence electrons. The van der Waals surface area contributed by atoms with Gasteiger partial charge >= 0.3 is 0 Å². The summed E-state index contributed by atoms with van der Waals surface area (Å²) >= 11 is 0. The Morgan fingerprint density at radius 3 is 2.76 bits per heavy atom. The molecule has 4 heterocycles. The third-order valence-corrected chi connectivity index (χ3v) is 6.42. The monoisotopic (exact) mass is 448 g/mol. The molecule has 1 aromatic carbocycles. The molecule has 2 atom stereocenters. The van der Waals surface area contributed by atoms with E-state index in [9.17, 15) is 9.50 Å². The molecule has 8 heteroatoms. The fourth-order valence-electron chi connectivity index (χ4n) is 4.62. The van der Waals surface area contributed by atoms with Gasteiger partial charge in [0.1, 0.15) is 11.5 Å². The van der Waals surface area contributed by atoms with Crippen LogP contribution >= 0.6 is 0 Å². The van der Waals surface area contributed by atoms with E-state index in [0.29, 0.717) is 28.0 Å². The average molecular weight is 449 g/mol. The fraction of sp³-hybridized carbons (Fsp3) is 0.400. The quantitative estimate of drug-likeness (QED) is 0.486. The molecule has 1 fully saturated rings. The minimum absolute atomic E-state index is 0.204. The number of hydrogen-bond acceptors (Lipinski definition) is 6. The van der Waals surface area contributed by atoms with Crippen molar-refractivity contribution in [1.82, 2.24) is 24.5 Å². The highest BCUT2D eigenvalue weighted by molar-refractivity contribution is 5.82. The Bertz CT molecular complexity index is 1330. The Kier molecular flexibility index (Phi) is 5.39. The number of rotatable bonds is 5. The summed E-state index contributed by atoms with van der Waals surface area (Å²) in [6, 6.07) is 11.4. The lowest BCUT2D eigenvalue weighted by atomic mass is 9.97. The van der Waals surface area contributed by atoms with Gasteiger partial charge in [0, 0.05) is 43.2 Å². The van der Waals surface area contributed by atoms with E-state index in [4.69, 9.17) is 10.7 Å². The molecule has 0 saturated carbocycles. The minimum Gasteiger partial charge on any atom is -0.390 e. The van der Waals surface area contributed by atoms with Crippen molar-refractivity contribution in [3.05, 3.63) is 59.5 Å². The summed E-state index contributed by atoms with van der Waals surface area (Å²) in [5.74, 6) is 0.291. The molecule has 0 bridgehead atoms. The SMILES string of the molecule is C[C@@H](c1ccc2nnc(-c3ccc4cc(F)c(CC(C)(C)O)cc4n3)n2c1)N1CC[C@H](N)C1. The van der Waals surface area contributed by atoms with Gasteiger partial charge in [0.05, 0.1) is 11.1 Å². The predicted molar refractivity (Wildman–Crippen MR) is 126 cm³/mol. The maximum absolute atomic E-state index is 14.5. The van der Waals surface area contributed by atoms with E-state index in [1.54, 1.807) is 19.9 Å². The summed E-state index contributed by atoms with van der Waals surface area (Å²) < 4.78 is 16.5. The van der Waals surface area contributed by atoms with E-state index in [1.165, 1.54) is 6.07 Å². The van der Waals surface area contributed by atoms with Crippen molar-refractivity contribution in [2.75, 3.05) is 13.1 Å². The van der Waals surface area contributed by atoms with Gasteiger partial charge in [0.25, 0.3) is 0 Å². The molecule has 5 rings (SSSR count). The number of pyridine rings is 2. The van der Waals surface area contributed by atoms with Crippen LogP contribution in [0.1, 0.15) is 44.4 Å². The van der Waals surface area contributed by atoms with Crippen molar-refractivity contribution in [2.45, 2.75) is 51.3 Å². The number of nitrogens with two attached hydrogens (primary N) is 1. The molecular formula is C25H29FN6O. The van der Waals surface area contributed by atoms with Crippen LogP contribution < -0.4 is 5.73 Å². The highest BCUT2D eigenvalue weighted by Crippen LogP contribution is 2.28. The highest BCUT2D eigenvalue weighted by atomic mass is 19.1. The number of likely N-dealkylation sites (tertiary alicyclic amines) is 1. The van der Waals surface area contributed by atoms with Gasteiger partial charge in [-0.1, -0.05) is 12.1 Å². The summed E-state index contributed by atoms with van der Waals surface area (Å²) in [5.41, 5.74) is 8.73. The Morgan fingerprint density at radius 2 is 2.03 bits per heavy atom. The molecule has 0 aliphatic carbocycles. The first kappa shape index (κ1) is 21.9. The van der Waals surface area contributed by atoms with Crippen LogP contribution in [-0.2, 0) is 6.42 Å². The third kappa shape index (κ3) is 4.34. The fourth-order valence-corrected chi connectivity index (χ4v) is 4.62. The second-order valence-electron chi connectivity index (χ2n) is 9.76. The molecule has 0 unspecified atom stereocenters. The first-order chi connectivity index (χ1) is 15.7. The predicted octanol–water partition coefficient (Wildman–Crippen LogP) is 3.49. The standard InChI is InChI=1S/C25H29FN6O/c1-15(31-9-8-19(27)14-31)17-5-7-23-29-30-24(32(23)13-17)21-6-4-16-10-20(26)18(11-22(16)28-21)12-25(2,3)33/h4-7,10-11,13,15,19,33H,8-9,12,14,27H2,1-3H3/t15-,19-/m0/s1. The van der Waals surface area contributed by atoms with Crippen molar-refractivity contribution in [1.29, 1.82) is 0 Å². The zero-order chi connectivity index (χ0) is 23.3. The normalized spacial score (nSPS) is 18.4. The number of aromatic nitrogens is 4. The summed E-state index contributed by atoms with van der Waals surface area (Å²) in [4.78, 5) is 7.15. The summed E-state index contributed by atoms with van der Waals surface area (Å²) in [5, 5.41) is 19.5. The zero-order valence-electron chi connectivity index (χ0n) is 19.2. The van der Waals surface area contributed by atoms with Gasteiger partial charge in [0.2, 0.25) is 0 Å². The number of hydrogen-bond donors (Lipinski definition) is 2. The van der Waals surface area contributed by atoms with E-state index in [1.807, 2.05) is 22.6 Å². The van der Waals surface area contributed by atoms with Crippen molar-refractivity contribution >= 4 is 16.6 Å². The maximum Gasteiger partial charge on any atom is 0.187 e. The van der Waals surface area contributed by atoms with Crippen LogP contribution in [0, 0.1) is 5.82 Å². The van der Waals surface area contributed by atoms with Gasteiger partial charge in [0.15, 0.2) is 11.5 Å². The largest absolute Gasteiger partial charge is 0.390 e. The number of aliphatic hydroxyl groups is 1. The van der Waals surface area contributed by atoms with Gasteiger partial charge in [-0.05, 0) is 62.6 Å². The number of nitrogens with zero attached hydrogens (tertiary/aromatic N) is 5. The molecule has 1 saturated heterocycles. The Balaban J connectivity index is 1.54. The first-order valence-electron chi connectivity index (χ1n) is 11.3. The van der Waals surface area contributed by atoms with Crippen molar-refractivity contribution in [2.24, 2.45) is 5.73 Å². The van der Waals surface area contributed by atoms with Crippen molar-refractivity contribution in [3.8, 4) is 11.5 Å². The number of fused-ring (bicyclic) bond motifs is 2. The number of halogens is 1. The van der Waals surface area contributed by atoms with Gasteiger partial charge in [-0.2, -0.15) is 0 Å². The average Bonchev–Trinajstić information content (AvgIpc) is 3.38. The second kappa shape index (κ2) is 8.13. The Hall–Kier alpha value is -2.94. The first-order valence-corrected chi connectivity index (χ1v) is 11.3. The topological polar surface area (TPSA) is 92.6 Å². The van der Waals surface area contributed by atoms with E-state index < -0.39 is 5.60 Å². The van der Waals surface area contributed by atoms with Gasteiger partial charge in [-0.15, -0.1) is 10.2 Å². The third-order valence-electron chi connectivity index (χ3n) is 6.42. The zero-order valence-corrected chi connectivity index (χ0v) is 19.2. The Morgan fingerprint density at radius 1 is 1.21 bits per heavy atom. The van der Waals surface area contributed by atoms with E-state index in [2.05, 4.69) is 34.3 Å². The van der Waals surface area contributed by atoms with Crippen LogP contribution in [-0.4, -0.2) is 54.3 Å². The van der Waals surface area contributed by atoms with Gasteiger partial charge in [-0.25, -0.2) is 9.37 Å². The van der Waals surface area contributed by atoms with Gasteiger partial charge in [-0.3, -0.25) is 9.30 Å². The van der Waals surface area contributed by atoms with Crippen molar-refractivity contribution in [3.63, 3.8) is 0 Å². The minimum atomic E-state index is -1.01. The van der Waals surface area contributed by atoms with E-state index in [-0.39, 0.29) is 24.3 Å². The van der Waals surface area contributed by atoms with Crippen molar-refractivity contribution < 1.29 is 9.50 Å². The molecule has 0 radical (unpaired) electrons. The molecular weight excluding hydrogens is 419 g/mol. The molecule has 1 aliphatic rings. The highest BCUT2D eigenvalue weighted by Gasteiger charge is 2.25. The molecule has 7 nitrogen and oxygen atoms in total. The molecule has 0 spiro atoms. The van der Waals surface area contributed by atoms with E-state index in [0.717, 1.165) is 30.7 Å². The summed E-state index contributed by atoms with van der Waals surface area (Å²) in [7, 11) is 0. The van der Waals surface area contributed by atoms with E-state index >= 15 is 0 Å². The molecule has 0 amide bonds. The van der Waals surface area contributed by atoms with Crippen LogP contribution in [0.3, 0.4) is 0 Å². The summed E-state index contributed by atoms with van der Waals surface area (Å²) in [6.45, 7) is 7.40. The Labute approximate surface area is 192 Å². The molecule has 1 aliphatic heterocycles. The van der Waals surface area contributed by atoms with Crippen LogP contribution in [0.4, 0.5) is 4.39 Å². The van der Waals surface area contributed by atoms with Crippen LogP contribution in [0.15, 0.2) is 42.6 Å². The smallest absolute Gasteiger partial charge is 0.187 e. The second-order valence-corrected chi connectivity index (χ2v) is 9.76. The van der Waals surface area contributed by atoms with Crippen LogP contribution in [0.5, 0.6) is 0 Å². The lowest BCUT2D eigenvalue weighted by molar-refractivity contribution is 0.0800. The molecule has 4 aromatic rings. The lowest BCUT2D eigenvalue weighted by Crippen LogP contribution is -2.28. The number of benzene rings is 1. The van der Waals surface area contributed by atoms with Crippen LogP contribution in [0.25, 0.3) is 28.1 Å². The molecule has 3 N–H and O–H groups in total. The van der Waals surface area contributed by atoms with Crippen LogP contribution in [0.2, 0.25) is 0 Å². The lowest BCUT2D eigenvalue weighted by Gasteiger charge is -2.24. The molecule has 3 aromatic heterocycles. The maximum atomic E-state index is 14.5. The molecule has 33 heavy (non-hydrogen) atoms. The summed E-state index contributed by atoms with van der Waals surface area (Å²) in [6.07, 6.45) is 3.28. The van der Waals surface area contributed by atoms with Gasteiger partial charge < -0.3 is 10.8 Å².